The van der Waals surface area contributed by atoms with Crippen molar-refractivity contribution in [2.45, 2.75) is 6.04 Å². The van der Waals surface area contributed by atoms with Gasteiger partial charge in [0.05, 0.1) is 25.4 Å². The zero-order valence-corrected chi connectivity index (χ0v) is 14.5. The predicted octanol–water partition coefficient (Wildman–Crippen LogP) is 2.88. The fourth-order valence-corrected chi connectivity index (χ4v) is 4.48. The first kappa shape index (κ1) is 16.1. The lowest BCUT2D eigenvalue weighted by molar-refractivity contribution is -0.131. The van der Waals surface area contributed by atoms with Crippen LogP contribution in [0.3, 0.4) is 0 Å². The molecule has 1 amide bonds. The molecule has 1 aliphatic rings. The molecule has 0 aliphatic carbocycles. The number of aromatic nitrogens is 1. The van der Waals surface area contributed by atoms with Crippen LogP contribution >= 0.6 is 23.1 Å². The topological polar surface area (TPSA) is 54.5 Å². The minimum atomic E-state index is 0.0840. The molecule has 1 saturated heterocycles. The number of anilines is 1. The summed E-state index contributed by atoms with van der Waals surface area (Å²) in [5, 5.41) is 6.17. The van der Waals surface area contributed by atoms with Gasteiger partial charge in [0, 0.05) is 29.6 Å². The van der Waals surface area contributed by atoms with Crippen molar-refractivity contribution in [1.82, 2.24) is 9.88 Å². The van der Waals surface area contributed by atoms with E-state index in [0.29, 0.717) is 0 Å². The van der Waals surface area contributed by atoms with E-state index in [-0.39, 0.29) is 18.5 Å². The van der Waals surface area contributed by atoms with Gasteiger partial charge < -0.3 is 15.0 Å². The molecule has 1 aromatic heterocycles. The Kier molecular flexibility index (Phi) is 5.40. The molecule has 0 saturated carbocycles. The van der Waals surface area contributed by atoms with Gasteiger partial charge in [0.2, 0.25) is 5.91 Å². The quantitative estimate of drug-likeness (QED) is 0.899. The fourth-order valence-electron chi connectivity index (χ4n) is 2.57. The van der Waals surface area contributed by atoms with E-state index < -0.39 is 0 Å². The number of ether oxygens (including phenoxy) is 1. The molecular formula is C16H19N3O2S2. The molecule has 1 aliphatic heterocycles. The molecule has 122 valence electrons. The van der Waals surface area contributed by atoms with E-state index in [1.54, 1.807) is 24.6 Å². The highest BCUT2D eigenvalue weighted by molar-refractivity contribution is 7.99. The third-order valence-corrected chi connectivity index (χ3v) is 5.62. The normalized spacial score (nSPS) is 17.8. The summed E-state index contributed by atoms with van der Waals surface area (Å²) in [5.41, 5.74) is 0.834. The summed E-state index contributed by atoms with van der Waals surface area (Å²) in [5.74, 6) is 2.72. The predicted molar refractivity (Wildman–Crippen MR) is 95.4 cm³/mol. The summed E-state index contributed by atoms with van der Waals surface area (Å²) in [6.45, 7) is 1.02. The van der Waals surface area contributed by atoms with Crippen molar-refractivity contribution in [3.05, 3.63) is 40.8 Å². The molecule has 0 spiro atoms. The van der Waals surface area contributed by atoms with Crippen LogP contribution < -0.4 is 10.1 Å². The van der Waals surface area contributed by atoms with E-state index in [4.69, 9.17) is 4.74 Å². The average Bonchev–Trinajstić information content (AvgIpc) is 3.14. The SMILES string of the molecule is COc1ccccc1NCC(=O)N1CCSC[C@@H]1c1nccs1. The number of rotatable bonds is 5. The monoisotopic (exact) mass is 349 g/mol. The van der Waals surface area contributed by atoms with Crippen molar-refractivity contribution >= 4 is 34.7 Å². The summed E-state index contributed by atoms with van der Waals surface area (Å²) >= 11 is 3.49. The maximum atomic E-state index is 12.7. The molecule has 2 heterocycles. The van der Waals surface area contributed by atoms with Crippen LogP contribution in [0.5, 0.6) is 5.75 Å². The van der Waals surface area contributed by atoms with Crippen molar-refractivity contribution in [1.29, 1.82) is 0 Å². The second-order valence-corrected chi connectivity index (χ2v) is 7.18. The van der Waals surface area contributed by atoms with Gasteiger partial charge in [-0.1, -0.05) is 12.1 Å². The van der Waals surface area contributed by atoms with Crippen molar-refractivity contribution in [3.63, 3.8) is 0 Å². The highest BCUT2D eigenvalue weighted by Gasteiger charge is 2.29. The van der Waals surface area contributed by atoms with E-state index in [1.165, 1.54) is 0 Å². The Morgan fingerprint density at radius 1 is 1.48 bits per heavy atom. The van der Waals surface area contributed by atoms with Crippen LogP contribution in [-0.4, -0.2) is 47.5 Å². The number of methoxy groups -OCH3 is 1. The van der Waals surface area contributed by atoms with Gasteiger partial charge in [0.25, 0.3) is 0 Å². The van der Waals surface area contributed by atoms with E-state index in [1.807, 2.05) is 46.3 Å². The van der Waals surface area contributed by atoms with Gasteiger partial charge >= 0.3 is 0 Å². The first-order chi connectivity index (χ1) is 11.3. The lowest BCUT2D eigenvalue weighted by Crippen LogP contribution is -2.43. The van der Waals surface area contributed by atoms with Crippen LogP contribution in [-0.2, 0) is 4.79 Å². The number of hydrogen-bond donors (Lipinski definition) is 1. The standard InChI is InChI=1S/C16H19N3O2S2/c1-21-14-5-3-2-4-12(14)18-10-15(20)19-7-9-22-11-13(19)16-17-6-8-23-16/h2-6,8,13,18H,7,9-11H2,1H3/t13-/m1/s1. The molecule has 1 aromatic carbocycles. The third kappa shape index (κ3) is 3.79. The Morgan fingerprint density at radius 2 is 2.35 bits per heavy atom. The van der Waals surface area contributed by atoms with E-state index in [9.17, 15) is 4.79 Å². The number of nitrogens with one attached hydrogen (secondary N) is 1. The number of carbonyl (C=O) groups excluding carboxylic acids is 1. The van der Waals surface area contributed by atoms with Gasteiger partial charge in [-0.25, -0.2) is 4.98 Å². The zero-order valence-electron chi connectivity index (χ0n) is 12.9. The average molecular weight is 349 g/mol. The number of thioether (sulfide) groups is 1. The molecule has 2 aromatic rings. The molecule has 0 bridgehead atoms. The van der Waals surface area contributed by atoms with Crippen LogP contribution in [0.25, 0.3) is 0 Å². The van der Waals surface area contributed by atoms with Crippen molar-refractivity contribution in [3.8, 4) is 5.75 Å². The second-order valence-electron chi connectivity index (χ2n) is 5.10. The molecule has 1 N–H and O–H groups in total. The maximum Gasteiger partial charge on any atom is 0.242 e. The number of thiazole rings is 1. The lowest BCUT2D eigenvalue weighted by atomic mass is 10.2. The summed E-state index contributed by atoms with van der Waals surface area (Å²) in [4.78, 5) is 19.0. The summed E-state index contributed by atoms with van der Waals surface area (Å²) in [6, 6.07) is 7.71. The first-order valence-electron chi connectivity index (χ1n) is 7.43. The summed E-state index contributed by atoms with van der Waals surface area (Å²) < 4.78 is 5.30. The number of amides is 1. The van der Waals surface area contributed by atoms with Gasteiger partial charge in [-0.15, -0.1) is 11.3 Å². The van der Waals surface area contributed by atoms with Crippen molar-refractivity contribution in [2.75, 3.05) is 37.0 Å². The van der Waals surface area contributed by atoms with Crippen LogP contribution in [0.15, 0.2) is 35.8 Å². The molecule has 1 atom stereocenters. The van der Waals surface area contributed by atoms with Gasteiger partial charge in [-0.2, -0.15) is 11.8 Å². The molecule has 5 nitrogen and oxygen atoms in total. The van der Waals surface area contributed by atoms with Crippen molar-refractivity contribution < 1.29 is 9.53 Å². The molecule has 3 rings (SSSR count). The number of benzene rings is 1. The summed E-state index contributed by atoms with van der Waals surface area (Å²) in [7, 11) is 1.63. The molecule has 1 fully saturated rings. The minimum absolute atomic E-state index is 0.0840. The van der Waals surface area contributed by atoms with E-state index in [2.05, 4.69) is 10.3 Å². The number of hydrogen-bond acceptors (Lipinski definition) is 6. The zero-order chi connectivity index (χ0) is 16.1. The second kappa shape index (κ2) is 7.70. The van der Waals surface area contributed by atoms with Gasteiger partial charge in [0.1, 0.15) is 10.8 Å². The number of para-hydroxylation sites is 2. The Balaban J connectivity index is 1.66. The largest absolute Gasteiger partial charge is 0.495 e. The van der Waals surface area contributed by atoms with Gasteiger partial charge in [0.15, 0.2) is 0 Å². The Morgan fingerprint density at radius 3 is 3.13 bits per heavy atom. The molecule has 23 heavy (non-hydrogen) atoms. The Bertz CT molecular complexity index is 649. The van der Waals surface area contributed by atoms with E-state index >= 15 is 0 Å². The molecular weight excluding hydrogens is 330 g/mol. The molecule has 7 heteroatoms. The number of nitrogens with zero attached hydrogens (tertiary/aromatic N) is 2. The fraction of sp³-hybridized carbons (Fsp3) is 0.375. The van der Waals surface area contributed by atoms with Crippen LogP contribution in [0, 0.1) is 0 Å². The molecule has 0 radical (unpaired) electrons. The Labute approximate surface area is 144 Å². The first-order valence-corrected chi connectivity index (χ1v) is 9.46. The minimum Gasteiger partial charge on any atom is -0.495 e. The van der Waals surface area contributed by atoms with Gasteiger partial charge in [-0.05, 0) is 12.1 Å². The lowest BCUT2D eigenvalue weighted by Gasteiger charge is -2.34. The highest BCUT2D eigenvalue weighted by Crippen LogP contribution is 2.31. The van der Waals surface area contributed by atoms with Crippen LogP contribution in [0.1, 0.15) is 11.0 Å². The van der Waals surface area contributed by atoms with Crippen molar-refractivity contribution in [2.24, 2.45) is 0 Å². The highest BCUT2D eigenvalue weighted by atomic mass is 32.2. The van der Waals surface area contributed by atoms with Crippen LogP contribution in [0.2, 0.25) is 0 Å². The van der Waals surface area contributed by atoms with E-state index in [0.717, 1.165) is 34.5 Å². The number of carbonyl (C=O) groups is 1. The molecule has 0 unspecified atom stereocenters. The van der Waals surface area contributed by atoms with Gasteiger partial charge in [-0.3, -0.25) is 4.79 Å². The smallest absolute Gasteiger partial charge is 0.242 e. The van der Waals surface area contributed by atoms with Crippen LogP contribution in [0.4, 0.5) is 5.69 Å². The maximum absolute atomic E-state index is 12.7. The third-order valence-electron chi connectivity index (χ3n) is 3.72. The summed E-state index contributed by atoms with van der Waals surface area (Å²) in [6.07, 6.45) is 1.80. The Hall–Kier alpha value is -1.73.